The van der Waals surface area contributed by atoms with Crippen LogP contribution in [0, 0.1) is 11.8 Å². The molecule has 1 heteroatoms. The molecule has 1 rings (SSSR count). The molecule has 0 spiro atoms. The number of hydrogen-bond acceptors (Lipinski definition) is 1. The topological polar surface area (TPSA) is 12.0 Å². The normalized spacial score (nSPS) is 28.2. The van der Waals surface area contributed by atoms with Crippen LogP contribution in [-0.4, -0.2) is 13.1 Å². The molecule has 0 heterocycles. The first-order valence-corrected chi connectivity index (χ1v) is 6.05. The second kappa shape index (κ2) is 6.42. The van der Waals surface area contributed by atoms with Gasteiger partial charge in [-0.1, -0.05) is 39.5 Å². The van der Waals surface area contributed by atoms with Gasteiger partial charge in [-0.2, -0.15) is 0 Å². The van der Waals surface area contributed by atoms with Crippen LogP contribution in [0.3, 0.4) is 0 Å². The molecule has 0 aromatic heterocycles. The highest BCUT2D eigenvalue weighted by Gasteiger charge is 2.22. The summed E-state index contributed by atoms with van der Waals surface area (Å²) in [4.78, 5) is 0. The van der Waals surface area contributed by atoms with Gasteiger partial charge in [-0.25, -0.2) is 0 Å². The van der Waals surface area contributed by atoms with E-state index in [1.54, 1.807) is 0 Å². The molecule has 1 N–H and O–H groups in total. The van der Waals surface area contributed by atoms with E-state index >= 15 is 0 Å². The van der Waals surface area contributed by atoms with Crippen LogP contribution in [0.4, 0.5) is 0 Å². The van der Waals surface area contributed by atoms with Gasteiger partial charge in [-0.15, -0.1) is 0 Å². The van der Waals surface area contributed by atoms with Gasteiger partial charge in [0.25, 0.3) is 0 Å². The van der Waals surface area contributed by atoms with Gasteiger partial charge in [0.05, 0.1) is 0 Å². The lowest BCUT2D eigenvalue weighted by Gasteiger charge is -2.15. The first-order valence-electron chi connectivity index (χ1n) is 6.05. The van der Waals surface area contributed by atoms with Crippen molar-refractivity contribution in [2.45, 2.75) is 52.4 Å². The average molecular weight is 183 g/mol. The predicted octanol–water partition coefficient (Wildman–Crippen LogP) is 3.20. The molecule has 0 bridgehead atoms. The fourth-order valence-corrected chi connectivity index (χ4v) is 2.31. The van der Waals surface area contributed by atoms with Crippen LogP contribution >= 0.6 is 0 Å². The minimum absolute atomic E-state index is 0.971. The quantitative estimate of drug-likeness (QED) is 0.624. The third kappa shape index (κ3) is 4.12. The third-order valence-electron chi connectivity index (χ3n) is 3.40. The second-order valence-electron chi connectivity index (χ2n) is 4.58. The molecule has 0 aromatic carbocycles. The average Bonchev–Trinajstić information content (AvgIpc) is 2.52. The number of unbranched alkanes of at least 4 members (excludes halogenated alkanes) is 2. The van der Waals surface area contributed by atoms with E-state index in [0.29, 0.717) is 0 Å². The summed E-state index contributed by atoms with van der Waals surface area (Å²) < 4.78 is 0. The van der Waals surface area contributed by atoms with E-state index in [9.17, 15) is 0 Å². The van der Waals surface area contributed by atoms with Crippen molar-refractivity contribution >= 4 is 0 Å². The van der Waals surface area contributed by atoms with Crippen molar-refractivity contribution in [3.63, 3.8) is 0 Å². The van der Waals surface area contributed by atoms with Crippen LogP contribution in [0.25, 0.3) is 0 Å². The zero-order valence-electron chi connectivity index (χ0n) is 9.31. The van der Waals surface area contributed by atoms with Gasteiger partial charge in [0.15, 0.2) is 0 Å². The summed E-state index contributed by atoms with van der Waals surface area (Å²) >= 11 is 0. The molecule has 2 atom stereocenters. The number of rotatable bonds is 6. The highest BCUT2D eigenvalue weighted by atomic mass is 14.9. The van der Waals surface area contributed by atoms with E-state index < -0.39 is 0 Å². The van der Waals surface area contributed by atoms with E-state index in [1.165, 1.54) is 51.6 Å². The monoisotopic (exact) mass is 183 g/mol. The van der Waals surface area contributed by atoms with E-state index in [2.05, 4.69) is 19.2 Å². The molecule has 1 aliphatic rings. The van der Waals surface area contributed by atoms with E-state index in [-0.39, 0.29) is 0 Å². The van der Waals surface area contributed by atoms with Crippen LogP contribution < -0.4 is 5.32 Å². The molecule has 0 amide bonds. The molecule has 13 heavy (non-hydrogen) atoms. The molecule has 0 aromatic rings. The Labute approximate surface area is 83.3 Å². The Morgan fingerprint density at radius 3 is 2.69 bits per heavy atom. The molecule has 1 nitrogen and oxygen atoms in total. The molecule has 0 saturated heterocycles. The summed E-state index contributed by atoms with van der Waals surface area (Å²) in [6.45, 7) is 7.17. The van der Waals surface area contributed by atoms with Crippen molar-refractivity contribution in [3.8, 4) is 0 Å². The lowest BCUT2D eigenvalue weighted by Crippen LogP contribution is -2.25. The Balaban J connectivity index is 1.93. The smallest absolute Gasteiger partial charge is 0.00180 e. The minimum atomic E-state index is 0.971. The van der Waals surface area contributed by atoms with E-state index in [0.717, 1.165) is 11.8 Å². The molecular weight excluding hydrogens is 158 g/mol. The molecule has 1 aliphatic carbocycles. The van der Waals surface area contributed by atoms with Gasteiger partial charge in [0, 0.05) is 0 Å². The third-order valence-corrected chi connectivity index (χ3v) is 3.40. The second-order valence-corrected chi connectivity index (χ2v) is 4.58. The first-order chi connectivity index (χ1) is 6.34. The zero-order valence-corrected chi connectivity index (χ0v) is 9.31. The van der Waals surface area contributed by atoms with Crippen LogP contribution in [0.15, 0.2) is 0 Å². The van der Waals surface area contributed by atoms with Gasteiger partial charge < -0.3 is 5.32 Å². The maximum absolute atomic E-state index is 3.59. The van der Waals surface area contributed by atoms with Gasteiger partial charge in [0.2, 0.25) is 0 Å². The van der Waals surface area contributed by atoms with Crippen molar-refractivity contribution in [1.29, 1.82) is 0 Å². The first kappa shape index (κ1) is 11.0. The predicted molar refractivity (Wildman–Crippen MR) is 58.9 cm³/mol. The van der Waals surface area contributed by atoms with Crippen molar-refractivity contribution in [2.75, 3.05) is 13.1 Å². The Bertz CT molecular complexity index is 122. The highest BCUT2D eigenvalue weighted by molar-refractivity contribution is 4.75. The molecule has 1 fully saturated rings. The van der Waals surface area contributed by atoms with Crippen molar-refractivity contribution in [1.82, 2.24) is 5.32 Å². The lowest BCUT2D eigenvalue weighted by atomic mass is 9.98. The molecule has 2 unspecified atom stereocenters. The van der Waals surface area contributed by atoms with Crippen LogP contribution in [0.1, 0.15) is 52.4 Å². The largest absolute Gasteiger partial charge is 0.316 e. The molecule has 1 saturated carbocycles. The van der Waals surface area contributed by atoms with Crippen molar-refractivity contribution < 1.29 is 0 Å². The maximum atomic E-state index is 3.59. The fraction of sp³-hybridized carbons (Fsp3) is 1.00. The van der Waals surface area contributed by atoms with Crippen LogP contribution in [0.5, 0.6) is 0 Å². The summed E-state index contributed by atoms with van der Waals surface area (Å²) in [5.74, 6) is 1.94. The summed E-state index contributed by atoms with van der Waals surface area (Å²) in [7, 11) is 0. The van der Waals surface area contributed by atoms with Gasteiger partial charge in [0.1, 0.15) is 0 Å². The Kier molecular flexibility index (Phi) is 5.45. The van der Waals surface area contributed by atoms with Gasteiger partial charge in [-0.3, -0.25) is 0 Å². The Hall–Kier alpha value is -0.0400. The number of nitrogens with one attached hydrogen (secondary N) is 1. The Morgan fingerprint density at radius 1 is 1.23 bits per heavy atom. The minimum Gasteiger partial charge on any atom is -0.316 e. The van der Waals surface area contributed by atoms with Crippen molar-refractivity contribution in [3.05, 3.63) is 0 Å². The molecular formula is C12H25N. The Morgan fingerprint density at radius 2 is 2.08 bits per heavy atom. The molecule has 78 valence electrons. The summed E-state index contributed by atoms with van der Waals surface area (Å²) in [5.41, 5.74) is 0. The maximum Gasteiger partial charge on any atom is -0.00180 e. The summed E-state index contributed by atoms with van der Waals surface area (Å²) in [6.07, 6.45) is 8.46. The van der Waals surface area contributed by atoms with Crippen LogP contribution in [-0.2, 0) is 0 Å². The lowest BCUT2D eigenvalue weighted by molar-refractivity contribution is 0.390. The van der Waals surface area contributed by atoms with Crippen molar-refractivity contribution in [2.24, 2.45) is 11.8 Å². The summed E-state index contributed by atoms with van der Waals surface area (Å²) in [6, 6.07) is 0. The van der Waals surface area contributed by atoms with Crippen LogP contribution in [0.2, 0.25) is 0 Å². The number of hydrogen-bond donors (Lipinski definition) is 1. The zero-order chi connectivity index (χ0) is 9.52. The molecule has 0 aliphatic heterocycles. The van der Waals surface area contributed by atoms with E-state index in [4.69, 9.17) is 0 Å². The van der Waals surface area contributed by atoms with Gasteiger partial charge >= 0.3 is 0 Å². The highest BCUT2D eigenvalue weighted by Crippen LogP contribution is 2.30. The van der Waals surface area contributed by atoms with E-state index in [1.807, 2.05) is 0 Å². The SMILES string of the molecule is CCCCCNCC1CCCC1C. The van der Waals surface area contributed by atoms with Gasteiger partial charge in [-0.05, 0) is 37.8 Å². The fourth-order valence-electron chi connectivity index (χ4n) is 2.31. The summed E-state index contributed by atoms with van der Waals surface area (Å²) in [5, 5.41) is 3.59. The standard InChI is InChI=1S/C12H25N/c1-3-4-5-9-13-10-12-8-6-7-11(12)2/h11-13H,3-10H2,1-2H3. The molecule has 0 radical (unpaired) electrons.